The molecule has 10 nitrogen and oxygen atoms in total. The van der Waals surface area contributed by atoms with Crippen LogP contribution in [0.1, 0.15) is 25.0 Å². The topological polar surface area (TPSA) is 93.6 Å². The number of aromatic nitrogens is 4. The number of aromatic amines is 1. The van der Waals surface area contributed by atoms with Gasteiger partial charge in [-0.3, -0.25) is 19.4 Å². The second-order valence-corrected chi connectivity index (χ2v) is 15.8. The van der Waals surface area contributed by atoms with Crippen LogP contribution >= 0.6 is 35.1 Å². The lowest BCUT2D eigenvalue weighted by Crippen LogP contribution is -2.49. The molecule has 2 aromatic carbocycles. The third kappa shape index (κ3) is 15.3. The molecule has 2 aliphatic rings. The molecule has 0 radical (unpaired) electrons. The van der Waals surface area contributed by atoms with Crippen molar-refractivity contribution in [2.45, 2.75) is 20.4 Å². The summed E-state index contributed by atoms with van der Waals surface area (Å²) in [5.74, 6) is 3.91. The van der Waals surface area contributed by atoms with Crippen molar-refractivity contribution in [3.8, 4) is 0 Å². The number of nitrogens with one attached hydrogen (secondary N) is 1. The third-order valence-corrected chi connectivity index (χ3v) is 10.7. The van der Waals surface area contributed by atoms with Gasteiger partial charge in [-0.05, 0) is 37.5 Å². The summed E-state index contributed by atoms with van der Waals surface area (Å²) >= 11 is 8.80. The molecule has 296 valence electrons. The molecule has 4 heterocycles. The molecule has 6 rings (SSSR count). The van der Waals surface area contributed by atoms with Crippen LogP contribution in [0, 0.1) is 0 Å². The first-order chi connectivity index (χ1) is 26.8. The van der Waals surface area contributed by atoms with Gasteiger partial charge in [0, 0.05) is 114 Å². The quantitative estimate of drug-likeness (QED) is 0.153. The Morgan fingerprint density at radius 3 is 1.65 bits per heavy atom. The minimum atomic E-state index is -0.110. The van der Waals surface area contributed by atoms with Gasteiger partial charge < -0.3 is 19.4 Å². The van der Waals surface area contributed by atoms with Crippen LogP contribution in [0.25, 0.3) is 12.2 Å². The highest BCUT2D eigenvalue weighted by Crippen LogP contribution is 2.14. The summed E-state index contributed by atoms with van der Waals surface area (Å²) in [6.45, 7) is 14.1. The molecule has 0 saturated carbocycles. The molecular formula is C42H57ClN8O2S2. The fourth-order valence-electron chi connectivity index (χ4n) is 6.36. The summed E-state index contributed by atoms with van der Waals surface area (Å²) in [7, 11) is 0. The van der Waals surface area contributed by atoms with Gasteiger partial charge in [0.15, 0.2) is 11.6 Å². The van der Waals surface area contributed by atoms with Crippen molar-refractivity contribution < 1.29 is 0 Å². The highest BCUT2D eigenvalue weighted by atomic mass is 35.5. The summed E-state index contributed by atoms with van der Waals surface area (Å²) in [4.78, 5) is 44.8. The van der Waals surface area contributed by atoms with Crippen molar-refractivity contribution in [1.82, 2.24) is 29.3 Å². The Bertz CT molecular complexity index is 1850. The molecule has 55 heavy (non-hydrogen) atoms. The molecule has 2 saturated heterocycles. The molecule has 2 aliphatic heterocycles. The van der Waals surface area contributed by atoms with Crippen molar-refractivity contribution in [3.63, 3.8) is 0 Å². The minimum Gasteiger partial charge on any atom is -0.349 e. The number of nitrogens with zero attached hydrogens (tertiary/aromatic N) is 7. The predicted molar refractivity (Wildman–Crippen MR) is 238 cm³/mol. The van der Waals surface area contributed by atoms with Crippen LogP contribution in [0.15, 0.2) is 106 Å². The molecule has 4 aromatic rings. The van der Waals surface area contributed by atoms with Crippen LogP contribution < -0.4 is 20.9 Å². The number of benzene rings is 2. The highest BCUT2D eigenvalue weighted by Gasteiger charge is 2.21. The van der Waals surface area contributed by atoms with E-state index < -0.39 is 0 Å². The Kier molecular flexibility index (Phi) is 19.7. The van der Waals surface area contributed by atoms with Crippen molar-refractivity contribution in [3.05, 3.63) is 128 Å². The summed E-state index contributed by atoms with van der Waals surface area (Å²) in [5, 5.41) is 0. The zero-order valence-corrected chi connectivity index (χ0v) is 35.2. The third-order valence-electron chi connectivity index (χ3n) is 9.12. The molecule has 0 aliphatic carbocycles. The van der Waals surface area contributed by atoms with Crippen LogP contribution in [0.3, 0.4) is 0 Å². The molecule has 1 N–H and O–H groups in total. The molecule has 13 heteroatoms. The Morgan fingerprint density at radius 2 is 1.20 bits per heavy atom. The normalized spacial score (nSPS) is 15.5. The van der Waals surface area contributed by atoms with E-state index in [0.717, 1.165) is 89.4 Å². The van der Waals surface area contributed by atoms with Crippen LogP contribution in [-0.2, 0) is 6.54 Å². The zero-order valence-electron chi connectivity index (χ0n) is 32.8. The van der Waals surface area contributed by atoms with Crippen molar-refractivity contribution in [2.75, 3.05) is 105 Å². The van der Waals surface area contributed by atoms with E-state index in [4.69, 9.17) is 11.6 Å². The molecule has 2 fully saturated rings. The molecule has 0 spiro atoms. The predicted octanol–water partition coefficient (Wildman–Crippen LogP) is 6.42. The van der Waals surface area contributed by atoms with Gasteiger partial charge in [0.1, 0.15) is 0 Å². The second-order valence-electron chi connectivity index (χ2n) is 13.5. The first-order valence-corrected chi connectivity index (χ1v) is 22.2. The van der Waals surface area contributed by atoms with E-state index in [1.165, 1.54) is 22.3 Å². The molecular weight excluding hydrogens is 748 g/mol. The van der Waals surface area contributed by atoms with Crippen LogP contribution in [0.5, 0.6) is 0 Å². The van der Waals surface area contributed by atoms with Gasteiger partial charge in [-0.1, -0.05) is 84.0 Å². The van der Waals surface area contributed by atoms with E-state index in [1.807, 2.05) is 18.4 Å². The summed E-state index contributed by atoms with van der Waals surface area (Å²) in [6.07, 6.45) is 15.3. The van der Waals surface area contributed by atoms with E-state index >= 15 is 0 Å². The minimum absolute atomic E-state index is 0.0279. The maximum Gasteiger partial charge on any atom is 0.293 e. The number of thioether (sulfide) groups is 2. The highest BCUT2D eigenvalue weighted by molar-refractivity contribution is 7.98. The number of hydrogen-bond acceptors (Lipinski definition) is 10. The lowest BCUT2D eigenvalue weighted by molar-refractivity contribution is 0.278. The van der Waals surface area contributed by atoms with Gasteiger partial charge in [-0.2, -0.15) is 23.5 Å². The maximum absolute atomic E-state index is 12.7. The fourth-order valence-corrected chi connectivity index (χ4v) is 7.36. The lowest BCUT2D eigenvalue weighted by Gasteiger charge is -2.35. The lowest BCUT2D eigenvalue weighted by atomic mass is 10.1. The number of halogens is 1. The zero-order chi connectivity index (χ0) is 39.3. The van der Waals surface area contributed by atoms with Gasteiger partial charge in [0.2, 0.25) is 0 Å². The number of H-pyrrole nitrogens is 1. The average molecular weight is 806 g/mol. The summed E-state index contributed by atoms with van der Waals surface area (Å²) < 4.78 is 1.78. The Morgan fingerprint density at radius 1 is 0.709 bits per heavy atom. The number of rotatable bonds is 13. The Balaban J connectivity index is 0.000000220. The van der Waals surface area contributed by atoms with Gasteiger partial charge in [0.25, 0.3) is 11.1 Å². The fraction of sp³-hybridized carbons (Fsp3) is 0.429. The van der Waals surface area contributed by atoms with Crippen LogP contribution in [0.2, 0.25) is 0 Å². The molecule has 0 bridgehead atoms. The molecule has 0 atom stereocenters. The largest absolute Gasteiger partial charge is 0.349 e. The summed E-state index contributed by atoms with van der Waals surface area (Å²) in [5.41, 5.74) is 5.10. The number of aryl methyl sites for hydroxylation is 1. The molecule has 2 aromatic heterocycles. The maximum atomic E-state index is 12.7. The Labute approximate surface area is 340 Å². The number of alkyl halides is 1. The average Bonchev–Trinajstić information content (AvgIpc) is 3.20. The monoisotopic (exact) mass is 804 g/mol. The Hall–Kier alpha value is -3.81. The van der Waals surface area contributed by atoms with Crippen LogP contribution in [-0.4, -0.2) is 125 Å². The van der Waals surface area contributed by atoms with Gasteiger partial charge in [-0.15, -0.1) is 11.6 Å². The number of hydrogen-bond donors (Lipinski definition) is 1. The standard InChI is InChI=1S/C21H28N4OS.C18H22N4O.C3H7ClS/c1-18(16-19-6-4-3-5-7-19)17-23-10-12-24(13-11-23)20-21(26)25(9-8-22-20)14-15-27-2;1-15(13-16-5-3-2-4-6-16)14-21-9-11-22(12-10-21)17-18(23)20-8-7-19-17;1-5-3-2-4/h3-9,16H,10-15,17H2,1-2H3;2-8,13H,9-12,14H2,1H3,(H,20,23);2-3H2,1H3/b18-16+;15-13+;. The van der Waals surface area contributed by atoms with E-state index in [9.17, 15) is 9.59 Å². The summed E-state index contributed by atoms with van der Waals surface area (Å²) in [6, 6.07) is 20.8. The van der Waals surface area contributed by atoms with Gasteiger partial charge >= 0.3 is 0 Å². The van der Waals surface area contributed by atoms with Crippen LogP contribution in [0.4, 0.5) is 11.6 Å². The second kappa shape index (κ2) is 24.7. The van der Waals surface area contributed by atoms with E-state index in [1.54, 1.807) is 52.9 Å². The molecule has 0 amide bonds. The molecule has 0 unspecified atom stereocenters. The van der Waals surface area contributed by atoms with Crippen molar-refractivity contribution in [1.29, 1.82) is 0 Å². The number of piperazine rings is 2. The SMILES string of the molecule is C/C(=C\c1ccccc1)CN1CCN(c2ncc[nH]c2=O)CC1.CSCCCl.CSCCn1ccnc(N2CCN(C/C(C)=C/c3ccccc3)CC2)c1=O. The first kappa shape index (κ1) is 43.9. The van der Waals surface area contributed by atoms with Crippen molar-refractivity contribution in [2.24, 2.45) is 0 Å². The van der Waals surface area contributed by atoms with E-state index in [0.29, 0.717) is 11.6 Å². The van der Waals surface area contributed by atoms with E-state index in [-0.39, 0.29) is 11.1 Å². The van der Waals surface area contributed by atoms with Gasteiger partial charge in [0.05, 0.1) is 0 Å². The number of anilines is 2. The van der Waals surface area contributed by atoms with E-state index in [2.05, 4.69) is 115 Å². The van der Waals surface area contributed by atoms with Gasteiger partial charge in [-0.25, -0.2) is 9.97 Å². The first-order valence-electron chi connectivity index (χ1n) is 18.8. The smallest absolute Gasteiger partial charge is 0.293 e. The van der Waals surface area contributed by atoms with Crippen molar-refractivity contribution >= 4 is 58.9 Å².